The standard InChI is InChI=1S/C27H31N5O5/c1-27(2,3)28-26(34)24(19-11-8-14-22(35-4)25(19)36-5)31(16-18-10-9-15-37-18)23(33)17-32-21-13-7-6-12-20(21)29-30-32/h6-15,24H,16-17H2,1-5H3,(H,28,34)/t24-/m0/s1. The average Bonchev–Trinajstić information content (AvgIpc) is 3.52. The highest BCUT2D eigenvalue weighted by molar-refractivity contribution is 5.90. The van der Waals surface area contributed by atoms with Crippen LogP contribution in [-0.4, -0.2) is 51.5 Å². The number of amides is 2. The number of carbonyl (C=O) groups excluding carboxylic acids is 2. The quantitative estimate of drug-likeness (QED) is 0.369. The molecule has 0 fully saturated rings. The van der Waals surface area contributed by atoms with Crippen LogP contribution in [0.15, 0.2) is 65.3 Å². The zero-order valence-electron chi connectivity index (χ0n) is 21.6. The van der Waals surface area contributed by atoms with E-state index in [1.165, 1.54) is 30.1 Å². The van der Waals surface area contributed by atoms with Crippen LogP contribution in [0.2, 0.25) is 0 Å². The van der Waals surface area contributed by atoms with Crippen LogP contribution in [0.4, 0.5) is 0 Å². The number of benzene rings is 2. The summed E-state index contributed by atoms with van der Waals surface area (Å²) in [5.41, 5.74) is 1.31. The Balaban J connectivity index is 1.82. The van der Waals surface area contributed by atoms with Crippen LogP contribution in [0.25, 0.3) is 11.0 Å². The molecule has 0 radical (unpaired) electrons. The predicted molar refractivity (Wildman–Crippen MR) is 137 cm³/mol. The second-order valence-electron chi connectivity index (χ2n) is 9.56. The molecule has 2 aromatic carbocycles. The molecule has 2 heterocycles. The van der Waals surface area contributed by atoms with Gasteiger partial charge < -0.3 is 24.1 Å². The average molecular weight is 506 g/mol. The van der Waals surface area contributed by atoms with Crippen molar-refractivity contribution >= 4 is 22.8 Å². The Morgan fingerprint density at radius 2 is 1.84 bits per heavy atom. The van der Waals surface area contributed by atoms with E-state index in [1.54, 1.807) is 30.3 Å². The summed E-state index contributed by atoms with van der Waals surface area (Å²) in [6.07, 6.45) is 1.53. The second-order valence-corrected chi connectivity index (χ2v) is 9.56. The third-order valence-electron chi connectivity index (χ3n) is 5.72. The third-order valence-corrected chi connectivity index (χ3v) is 5.72. The smallest absolute Gasteiger partial charge is 0.248 e. The van der Waals surface area contributed by atoms with Crippen LogP contribution in [-0.2, 0) is 22.7 Å². The van der Waals surface area contributed by atoms with Crippen molar-refractivity contribution in [2.45, 2.75) is 45.4 Å². The van der Waals surface area contributed by atoms with Gasteiger partial charge >= 0.3 is 0 Å². The fourth-order valence-electron chi connectivity index (χ4n) is 4.16. The number of rotatable bonds is 9. The highest BCUT2D eigenvalue weighted by Gasteiger charge is 2.36. The van der Waals surface area contributed by atoms with Gasteiger partial charge in [-0.25, -0.2) is 4.68 Å². The van der Waals surface area contributed by atoms with Crippen LogP contribution in [0.1, 0.15) is 38.1 Å². The molecule has 10 heteroatoms. The molecule has 0 saturated carbocycles. The van der Waals surface area contributed by atoms with Gasteiger partial charge in [-0.2, -0.15) is 0 Å². The molecule has 1 N–H and O–H groups in total. The highest BCUT2D eigenvalue weighted by atomic mass is 16.5. The molecule has 0 aliphatic heterocycles. The van der Waals surface area contributed by atoms with Gasteiger partial charge in [0, 0.05) is 11.1 Å². The Kier molecular flexibility index (Phi) is 7.47. The summed E-state index contributed by atoms with van der Waals surface area (Å²) in [5, 5.41) is 11.3. The van der Waals surface area contributed by atoms with Gasteiger partial charge in [-0.1, -0.05) is 29.5 Å². The summed E-state index contributed by atoms with van der Waals surface area (Å²) in [4.78, 5) is 29.3. The van der Waals surface area contributed by atoms with Crippen molar-refractivity contribution in [1.29, 1.82) is 0 Å². The molecule has 0 aliphatic rings. The Morgan fingerprint density at radius 1 is 1.05 bits per heavy atom. The van der Waals surface area contributed by atoms with E-state index in [2.05, 4.69) is 15.6 Å². The van der Waals surface area contributed by atoms with E-state index < -0.39 is 11.6 Å². The van der Waals surface area contributed by atoms with Crippen LogP contribution in [0.5, 0.6) is 11.5 Å². The van der Waals surface area contributed by atoms with Gasteiger partial charge in [0.1, 0.15) is 23.9 Å². The van der Waals surface area contributed by atoms with Gasteiger partial charge in [-0.15, -0.1) is 5.10 Å². The van der Waals surface area contributed by atoms with Gasteiger partial charge in [0.25, 0.3) is 0 Å². The molecule has 0 bridgehead atoms. The number of nitrogens with one attached hydrogen (secondary N) is 1. The van der Waals surface area contributed by atoms with Gasteiger partial charge in [0.05, 0.1) is 32.5 Å². The summed E-state index contributed by atoms with van der Waals surface area (Å²) in [7, 11) is 3.02. The summed E-state index contributed by atoms with van der Waals surface area (Å²) < 4.78 is 18.2. The molecule has 0 spiro atoms. The van der Waals surface area contributed by atoms with Gasteiger partial charge in [-0.05, 0) is 51.1 Å². The molecule has 194 valence electrons. The molecule has 2 amide bonds. The number of fused-ring (bicyclic) bond motifs is 1. The van der Waals surface area contributed by atoms with Gasteiger partial charge in [0.15, 0.2) is 11.5 Å². The molecular formula is C27H31N5O5. The Labute approximate surface area is 215 Å². The minimum absolute atomic E-state index is 0.0427. The lowest BCUT2D eigenvalue weighted by molar-refractivity contribution is -0.143. The molecular weight excluding hydrogens is 474 g/mol. The molecule has 4 aromatic rings. The van der Waals surface area contributed by atoms with Crippen molar-refractivity contribution in [2.24, 2.45) is 0 Å². The third kappa shape index (κ3) is 5.74. The first kappa shape index (κ1) is 25.7. The number of hydrogen-bond donors (Lipinski definition) is 1. The Bertz CT molecular complexity index is 1370. The maximum atomic E-state index is 14.0. The Hall–Kier alpha value is -4.34. The maximum absolute atomic E-state index is 14.0. The lowest BCUT2D eigenvalue weighted by Crippen LogP contribution is -2.49. The van der Waals surface area contributed by atoms with Crippen LogP contribution < -0.4 is 14.8 Å². The number of para-hydroxylation sites is 2. The lowest BCUT2D eigenvalue weighted by atomic mass is 9.99. The van der Waals surface area contributed by atoms with E-state index in [0.717, 1.165) is 0 Å². The van der Waals surface area contributed by atoms with E-state index in [1.807, 2.05) is 45.0 Å². The maximum Gasteiger partial charge on any atom is 0.248 e. The van der Waals surface area contributed by atoms with Crippen molar-refractivity contribution in [2.75, 3.05) is 14.2 Å². The zero-order valence-corrected chi connectivity index (χ0v) is 21.6. The zero-order chi connectivity index (χ0) is 26.6. The van der Waals surface area contributed by atoms with Crippen LogP contribution >= 0.6 is 0 Å². The summed E-state index contributed by atoms with van der Waals surface area (Å²) in [5.74, 6) is 0.601. The highest BCUT2D eigenvalue weighted by Crippen LogP contribution is 2.38. The largest absolute Gasteiger partial charge is 0.493 e. The van der Waals surface area contributed by atoms with Crippen molar-refractivity contribution < 1.29 is 23.5 Å². The monoisotopic (exact) mass is 505 g/mol. The Morgan fingerprint density at radius 3 is 2.51 bits per heavy atom. The molecule has 0 unspecified atom stereocenters. The summed E-state index contributed by atoms with van der Waals surface area (Å²) in [6.45, 7) is 5.55. The normalized spacial score (nSPS) is 12.2. The van der Waals surface area contributed by atoms with Crippen molar-refractivity contribution in [3.05, 3.63) is 72.2 Å². The fourth-order valence-corrected chi connectivity index (χ4v) is 4.16. The van der Waals surface area contributed by atoms with E-state index in [0.29, 0.717) is 33.9 Å². The van der Waals surface area contributed by atoms with E-state index in [9.17, 15) is 9.59 Å². The molecule has 1 atom stereocenters. The van der Waals surface area contributed by atoms with Gasteiger partial charge in [-0.3, -0.25) is 9.59 Å². The minimum Gasteiger partial charge on any atom is -0.493 e. The van der Waals surface area contributed by atoms with Crippen molar-refractivity contribution in [3.63, 3.8) is 0 Å². The van der Waals surface area contributed by atoms with E-state index in [-0.39, 0.29) is 24.9 Å². The number of aromatic nitrogens is 3. The van der Waals surface area contributed by atoms with Crippen LogP contribution in [0, 0.1) is 0 Å². The van der Waals surface area contributed by atoms with E-state index in [4.69, 9.17) is 13.9 Å². The molecule has 0 saturated heterocycles. The first-order valence-electron chi connectivity index (χ1n) is 11.8. The molecule has 2 aromatic heterocycles. The predicted octanol–water partition coefficient (Wildman–Crippen LogP) is 3.73. The van der Waals surface area contributed by atoms with Crippen molar-refractivity contribution in [1.82, 2.24) is 25.2 Å². The number of carbonyl (C=O) groups is 2. The fraction of sp³-hybridized carbons (Fsp3) is 0.333. The second kappa shape index (κ2) is 10.7. The van der Waals surface area contributed by atoms with Gasteiger partial charge in [0.2, 0.25) is 11.8 Å². The minimum atomic E-state index is -1.06. The molecule has 0 aliphatic carbocycles. The molecule has 10 nitrogen and oxygen atoms in total. The number of ether oxygens (including phenoxy) is 2. The topological polar surface area (TPSA) is 112 Å². The first-order chi connectivity index (χ1) is 17.7. The van der Waals surface area contributed by atoms with Crippen LogP contribution in [0.3, 0.4) is 0 Å². The number of methoxy groups -OCH3 is 2. The number of furan rings is 1. The van der Waals surface area contributed by atoms with Crippen molar-refractivity contribution in [3.8, 4) is 11.5 Å². The number of hydrogen-bond acceptors (Lipinski definition) is 7. The lowest BCUT2D eigenvalue weighted by Gasteiger charge is -2.34. The first-order valence-corrected chi connectivity index (χ1v) is 11.8. The summed E-state index contributed by atoms with van der Waals surface area (Å²) >= 11 is 0. The number of nitrogens with zero attached hydrogens (tertiary/aromatic N) is 4. The summed E-state index contributed by atoms with van der Waals surface area (Å²) in [6, 6.07) is 15.1. The molecule has 37 heavy (non-hydrogen) atoms. The SMILES string of the molecule is COc1cccc([C@@H](C(=O)NC(C)(C)C)N(Cc2ccco2)C(=O)Cn2nnc3ccccc32)c1OC. The molecule has 4 rings (SSSR count). The van der Waals surface area contributed by atoms with E-state index >= 15 is 0 Å².